The van der Waals surface area contributed by atoms with Crippen LogP contribution in [0.25, 0.3) is 26.6 Å². The maximum atomic E-state index is 12.8. The van der Waals surface area contributed by atoms with Crippen molar-refractivity contribution in [2.45, 2.75) is 15.5 Å². The molecule has 1 aliphatic rings. The van der Waals surface area contributed by atoms with Crippen LogP contribution >= 0.6 is 34.7 Å². The molecule has 4 aromatic rings. The molecule has 0 saturated heterocycles. The van der Waals surface area contributed by atoms with Crippen molar-refractivity contribution >= 4 is 44.7 Å². The van der Waals surface area contributed by atoms with Gasteiger partial charge in [-0.25, -0.2) is 13.4 Å². The normalized spacial score (nSPS) is 12.0. The molecule has 1 aromatic heterocycles. The van der Waals surface area contributed by atoms with Gasteiger partial charge in [-0.15, -0.1) is 23.1 Å². The number of sulfonamides is 1. The summed E-state index contributed by atoms with van der Waals surface area (Å²) in [6, 6.07) is 18.2. The molecular weight excluding hydrogens is 565 g/mol. The van der Waals surface area contributed by atoms with E-state index in [1.807, 2.05) is 53.9 Å². The number of nitriles is 1. The van der Waals surface area contributed by atoms with Gasteiger partial charge in [0.1, 0.15) is 5.01 Å². The Hall–Kier alpha value is -1.59. The van der Waals surface area contributed by atoms with Gasteiger partial charge in [0.15, 0.2) is 11.5 Å². The van der Waals surface area contributed by atoms with Gasteiger partial charge in [-0.3, -0.25) is 0 Å². The Kier molecular flexibility index (Phi) is 9.03. The Morgan fingerprint density at radius 1 is 1.11 bits per heavy atom. The van der Waals surface area contributed by atoms with E-state index in [0.29, 0.717) is 37.7 Å². The zero-order valence-corrected chi connectivity index (χ0v) is 25.2. The number of hydrogen-bond acceptors (Lipinski definition) is 8. The predicted molar refractivity (Wildman–Crippen MR) is 136 cm³/mol. The van der Waals surface area contributed by atoms with Gasteiger partial charge in [0.2, 0.25) is 16.8 Å². The number of fused-ring (bicyclic) bond motifs is 1. The summed E-state index contributed by atoms with van der Waals surface area (Å²) in [7, 11) is -4.23. The fraction of sp³-hybridized carbons (Fsp3) is 0.0833. The minimum atomic E-state index is -4.23. The molecule has 1 aliphatic heterocycles. The number of ether oxygens (including phenoxy) is 2. The number of nitrogens with zero attached hydrogens (tertiary/aromatic N) is 3. The molecule has 0 atom stereocenters. The summed E-state index contributed by atoms with van der Waals surface area (Å²) in [5.74, 6) is 1.75. The summed E-state index contributed by atoms with van der Waals surface area (Å²) < 4.78 is 39.6. The van der Waals surface area contributed by atoms with Crippen molar-refractivity contribution in [2.24, 2.45) is 0 Å². The molecule has 7 nitrogen and oxygen atoms in total. The fourth-order valence-corrected chi connectivity index (χ4v) is 6.86. The molecule has 0 amide bonds. The molecule has 0 fully saturated rings. The van der Waals surface area contributed by atoms with Gasteiger partial charge in [0.25, 0.3) is 0 Å². The van der Waals surface area contributed by atoms with E-state index in [-0.39, 0.29) is 63.1 Å². The van der Waals surface area contributed by atoms with Crippen molar-refractivity contribution in [3.8, 4) is 39.5 Å². The standard InChI is InChI=1S/C24H15ClN3O4S3.K/c25-18-10-22(33-11-15-6-7-20-21(8-15)32-14-31-20)23(35(29,30)27-13-26)9-17(18)24-28-19(12-34-24)16-4-2-1-3-5-16;/h1-10,12H,11,14H2;/q-1;+1. The summed E-state index contributed by atoms with van der Waals surface area (Å²) in [6.45, 7) is 0.170. The SMILES string of the molecule is N#C[N-]S(=O)(=O)c1cc(-c2nc(-c3ccccc3)cs2)c(Cl)cc1SCc1ccc2c(c1)OCO2.[K+]. The van der Waals surface area contributed by atoms with Crippen molar-refractivity contribution in [3.05, 3.63) is 81.4 Å². The number of benzene rings is 3. The van der Waals surface area contributed by atoms with Gasteiger partial charge in [-0.2, -0.15) is 0 Å². The van der Waals surface area contributed by atoms with Gasteiger partial charge in [-0.05, 0) is 29.8 Å². The maximum Gasteiger partial charge on any atom is 1.00 e. The number of hydrogen-bond donors (Lipinski definition) is 0. The van der Waals surface area contributed by atoms with Crippen molar-refractivity contribution < 1.29 is 69.3 Å². The Balaban J connectivity index is 0.00000304. The second-order valence-electron chi connectivity index (χ2n) is 7.33. The average Bonchev–Trinajstić information content (AvgIpc) is 3.53. The molecule has 0 aliphatic carbocycles. The molecular formula is C24H15ClKN3O4S3. The van der Waals surface area contributed by atoms with Crippen LogP contribution < -0.4 is 60.9 Å². The van der Waals surface area contributed by atoms with Crippen LogP contribution in [0.1, 0.15) is 5.56 Å². The monoisotopic (exact) mass is 579 g/mol. The number of aromatic nitrogens is 1. The minimum absolute atomic E-state index is 0. The van der Waals surface area contributed by atoms with Crippen molar-refractivity contribution in [2.75, 3.05) is 6.79 Å². The van der Waals surface area contributed by atoms with Crippen LogP contribution in [0.3, 0.4) is 0 Å². The zero-order valence-electron chi connectivity index (χ0n) is 18.8. The average molecular weight is 580 g/mol. The van der Waals surface area contributed by atoms with Crippen molar-refractivity contribution in [1.29, 1.82) is 5.26 Å². The fourth-order valence-electron chi connectivity index (χ4n) is 3.45. The molecule has 12 heteroatoms. The second-order valence-corrected chi connectivity index (χ2v) is 11.2. The van der Waals surface area contributed by atoms with Gasteiger partial charge < -0.3 is 19.5 Å². The van der Waals surface area contributed by atoms with E-state index in [4.69, 9.17) is 26.3 Å². The Morgan fingerprint density at radius 2 is 1.89 bits per heavy atom. The molecule has 0 saturated carbocycles. The van der Waals surface area contributed by atoms with Crippen LogP contribution in [0, 0.1) is 11.5 Å². The van der Waals surface area contributed by atoms with E-state index >= 15 is 0 Å². The third kappa shape index (κ3) is 5.93. The second kappa shape index (κ2) is 11.9. The number of rotatable bonds is 7. The molecule has 176 valence electrons. The molecule has 0 N–H and O–H groups in total. The summed E-state index contributed by atoms with van der Waals surface area (Å²) in [6.07, 6.45) is 1.39. The zero-order chi connectivity index (χ0) is 24.4. The summed E-state index contributed by atoms with van der Waals surface area (Å²) in [5.41, 5.74) is 3.06. The largest absolute Gasteiger partial charge is 1.00 e. The first-order valence-electron chi connectivity index (χ1n) is 10.2. The van der Waals surface area contributed by atoms with Crippen LogP contribution in [-0.2, 0) is 15.8 Å². The van der Waals surface area contributed by atoms with E-state index in [2.05, 4.69) is 9.71 Å². The van der Waals surface area contributed by atoms with E-state index in [0.717, 1.165) is 16.8 Å². The van der Waals surface area contributed by atoms with Crippen molar-refractivity contribution in [1.82, 2.24) is 4.98 Å². The van der Waals surface area contributed by atoms with Crippen LogP contribution in [0.5, 0.6) is 11.5 Å². The summed E-state index contributed by atoms with van der Waals surface area (Å²) >= 11 is 9.23. The topological polar surface area (TPSA) is 103 Å². The van der Waals surface area contributed by atoms with Crippen LogP contribution in [0.2, 0.25) is 5.02 Å². The molecule has 0 radical (unpaired) electrons. The van der Waals surface area contributed by atoms with E-state index in [1.54, 1.807) is 6.07 Å². The third-order valence-electron chi connectivity index (χ3n) is 5.11. The smallest absolute Gasteiger partial charge is 0.493 e. The summed E-state index contributed by atoms with van der Waals surface area (Å²) in [5, 5.41) is 11.8. The summed E-state index contributed by atoms with van der Waals surface area (Å²) in [4.78, 5) is 4.94. The van der Waals surface area contributed by atoms with Gasteiger partial charge in [-0.1, -0.05) is 54.2 Å². The molecule has 0 unspecified atom stereocenters. The quantitative estimate of drug-likeness (QED) is 0.187. The van der Waals surface area contributed by atoms with E-state index < -0.39 is 10.0 Å². The molecule has 0 bridgehead atoms. The third-order valence-corrected chi connectivity index (χ3v) is 8.77. The number of thiazole rings is 1. The first-order valence-corrected chi connectivity index (χ1v) is 13.9. The molecule has 3 aromatic carbocycles. The first kappa shape index (κ1) is 27.4. The molecule has 0 spiro atoms. The van der Waals surface area contributed by atoms with Gasteiger partial charge >= 0.3 is 51.4 Å². The van der Waals surface area contributed by atoms with Gasteiger partial charge in [0.05, 0.1) is 15.6 Å². The first-order chi connectivity index (χ1) is 16.9. The van der Waals surface area contributed by atoms with Crippen molar-refractivity contribution in [3.63, 3.8) is 0 Å². The van der Waals surface area contributed by atoms with Crippen LogP contribution in [0.15, 0.2) is 75.8 Å². The minimum Gasteiger partial charge on any atom is -0.493 e. The van der Waals surface area contributed by atoms with E-state index in [1.165, 1.54) is 35.4 Å². The Labute approximate surface area is 264 Å². The molecule has 36 heavy (non-hydrogen) atoms. The molecule has 2 heterocycles. The number of thioether (sulfide) groups is 1. The Morgan fingerprint density at radius 3 is 2.67 bits per heavy atom. The Bertz CT molecular complexity index is 1560. The van der Waals surface area contributed by atoms with Crippen LogP contribution in [0.4, 0.5) is 0 Å². The predicted octanol–water partition coefficient (Wildman–Crippen LogP) is 3.70. The molecule has 5 rings (SSSR count). The maximum absolute atomic E-state index is 12.8. The van der Waals surface area contributed by atoms with Crippen LogP contribution in [-0.4, -0.2) is 20.2 Å². The number of halogens is 1. The van der Waals surface area contributed by atoms with E-state index in [9.17, 15) is 8.42 Å². The van der Waals surface area contributed by atoms with Gasteiger partial charge in [0, 0.05) is 27.2 Å².